The quantitative estimate of drug-likeness (QED) is 0.682. The lowest BCUT2D eigenvalue weighted by molar-refractivity contribution is 0.293. The van der Waals surface area contributed by atoms with Crippen molar-refractivity contribution in [1.82, 2.24) is 0 Å². The molecule has 0 aliphatic carbocycles. The van der Waals surface area contributed by atoms with E-state index in [4.69, 9.17) is 9.47 Å². The van der Waals surface area contributed by atoms with Crippen LogP contribution in [0.25, 0.3) is 0 Å². The average Bonchev–Trinajstić information content (AvgIpc) is 2.44. The van der Waals surface area contributed by atoms with Crippen molar-refractivity contribution in [3.05, 3.63) is 53.8 Å². The summed E-state index contributed by atoms with van der Waals surface area (Å²) in [7, 11) is 0. The zero-order chi connectivity index (χ0) is 14.4. The number of aryl methyl sites for hydroxylation is 1. The lowest BCUT2D eigenvalue weighted by Gasteiger charge is -2.09. The molecular formula is C17H19FO2. The van der Waals surface area contributed by atoms with Crippen LogP contribution in [-0.2, 0) is 0 Å². The molecule has 20 heavy (non-hydrogen) atoms. The molecule has 0 amide bonds. The fourth-order valence-corrected chi connectivity index (χ4v) is 1.73. The molecule has 0 saturated heterocycles. The first kappa shape index (κ1) is 14.4. The van der Waals surface area contributed by atoms with Gasteiger partial charge in [0.25, 0.3) is 0 Å². The maximum atomic E-state index is 13.8. The molecule has 0 bridgehead atoms. The molecule has 0 saturated carbocycles. The fraction of sp³-hybridized carbons (Fsp3) is 0.294. The van der Waals surface area contributed by atoms with Gasteiger partial charge in [-0.25, -0.2) is 4.39 Å². The summed E-state index contributed by atoms with van der Waals surface area (Å²) in [5, 5.41) is 0. The maximum absolute atomic E-state index is 13.8. The molecular weight excluding hydrogens is 255 g/mol. The Hall–Kier alpha value is -2.03. The number of hydrogen-bond donors (Lipinski definition) is 0. The molecule has 0 heterocycles. The largest absolute Gasteiger partial charge is 0.491 e. The zero-order valence-electron chi connectivity index (χ0n) is 11.9. The fourth-order valence-electron chi connectivity index (χ4n) is 1.73. The van der Waals surface area contributed by atoms with Gasteiger partial charge in [0, 0.05) is 6.07 Å². The molecule has 2 rings (SSSR count). The second kappa shape index (κ2) is 6.94. The van der Waals surface area contributed by atoms with Crippen molar-refractivity contribution in [3.8, 4) is 17.2 Å². The molecule has 0 aromatic heterocycles. The van der Waals surface area contributed by atoms with Gasteiger partial charge in [-0.1, -0.05) is 31.0 Å². The van der Waals surface area contributed by atoms with Crippen molar-refractivity contribution >= 4 is 0 Å². The number of halogens is 1. The van der Waals surface area contributed by atoms with E-state index in [-0.39, 0.29) is 5.75 Å². The van der Waals surface area contributed by atoms with Crippen molar-refractivity contribution in [2.24, 2.45) is 0 Å². The van der Waals surface area contributed by atoms with E-state index in [1.165, 1.54) is 6.07 Å². The number of benzene rings is 2. The van der Waals surface area contributed by atoms with Gasteiger partial charge in [0.05, 0.1) is 6.61 Å². The molecule has 2 nitrogen and oxygen atoms in total. The second-order valence-electron chi connectivity index (χ2n) is 4.71. The van der Waals surface area contributed by atoms with Gasteiger partial charge < -0.3 is 9.47 Å². The number of unbranched alkanes of at least 4 members (excludes halogenated alkanes) is 1. The minimum Gasteiger partial charge on any atom is -0.491 e. The van der Waals surface area contributed by atoms with Crippen molar-refractivity contribution in [2.75, 3.05) is 6.61 Å². The van der Waals surface area contributed by atoms with E-state index in [0.717, 1.165) is 18.4 Å². The van der Waals surface area contributed by atoms with E-state index in [2.05, 4.69) is 6.92 Å². The number of ether oxygens (including phenoxy) is 2. The van der Waals surface area contributed by atoms with Crippen molar-refractivity contribution in [3.63, 3.8) is 0 Å². The van der Waals surface area contributed by atoms with E-state index in [1.54, 1.807) is 12.1 Å². The Kier molecular flexibility index (Phi) is 4.99. The SMILES string of the molecule is CCCCOc1ccc(Oc2ccc(C)cc2)cc1F. The van der Waals surface area contributed by atoms with Gasteiger partial charge in [-0.15, -0.1) is 0 Å². The zero-order valence-corrected chi connectivity index (χ0v) is 11.9. The van der Waals surface area contributed by atoms with Gasteiger partial charge in [0.1, 0.15) is 11.5 Å². The van der Waals surface area contributed by atoms with Crippen LogP contribution in [0, 0.1) is 12.7 Å². The summed E-state index contributed by atoms with van der Waals surface area (Å²) in [6.07, 6.45) is 1.94. The van der Waals surface area contributed by atoms with Crippen LogP contribution in [0.15, 0.2) is 42.5 Å². The molecule has 2 aromatic rings. The Bertz CT molecular complexity index is 549. The van der Waals surface area contributed by atoms with Crippen molar-refractivity contribution in [1.29, 1.82) is 0 Å². The molecule has 0 fully saturated rings. The first-order valence-electron chi connectivity index (χ1n) is 6.86. The normalized spacial score (nSPS) is 10.3. The van der Waals surface area contributed by atoms with Gasteiger partial charge in [0.2, 0.25) is 0 Å². The Labute approximate surface area is 119 Å². The van der Waals surface area contributed by atoms with Crippen LogP contribution in [0.2, 0.25) is 0 Å². The number of hydrogen-bond acceptors (Lipinski definition) is 2. The summed E-state index contributed by atoms with van der Waals surface area (Å²) in [4.78, 5) is 0. The van der Waals surface area contributed by atoms with Crippen LogP contribution in [-0.4, -0.2) is 6.61 Å². The molecule has 0 aliphatic heterocycles. The minimum atomic E-state index is -0.397. The highest BCUT2D eigenvalue weighted by molar-refractivity contribution is 5.37. The third kappa shape index (κ3) is 3.98. The van der Waals surface area contributed by atoms with E-state index in [1.807, 2.05) is 31.2 Å². The van der Waals surface area contributed by atoms with Gasteiger partial charge >= 0.3 is 0 Å². The van der Waals surface area contributed by atoms with E-state index < -0.39 is 5.82 Å². The molecule has 0 radical (unpaired) electrons. The van der Waals surface area contributed by atoms with Crippen LogP contribution < -0.4 is 9.47 Å². The molecule has 3 heteroatoms. The van der Waals surface area contributed by atoms with Gasteiger partial charge in [-0.05, 0) is 37.6 Å². The lowest BCUT2D eigenvalue weighted by Crippen LogP contribution is -1.98. The van der Waals surface area contributed by atoms with E-state index in [9.17, 15) is 4.39 Å². The Morgan fingerprint density at radius 3 is 2.35 bits per heavy atom. The summed E-state index contributed by atoms with van der Waals surface area (Å²) in [6, 6.07) is 12.3. The highest BCUT2D eigenvalue weighted by atomic mass is 19.1. The third-order valence-corrected chi connectivity index (χ3v) is 2.92. The van der Waals surface area contributed by atoms with Crippen LogP contribution >= 0.6 is 0 Å². The predicted molar refractivity (Wildman–Crippen MR) is 78.1 cm³/mol. The highest BCUT2D eigenvalue weighted by Gasteiger charge is 2.06. The van der Waals surface area contributed by atoms with Gasteiger partial charge in [-0.2, -0.15) is 0 Å². The predicted octanol–water partition coefficient (Wildman–Crippen LogP) is 5.11. The minimum absolute atomic E-state index is 0.273. The topological polar surface area (TPSA) is 18.5 Å². The van der Waals surface area contributed by atoms with Crippen LogP contribution in [0.5, 0.6) is 17.2 Å². The molecule has 0 unspecified atom stereocenters. The average molecular weight is 274 g/mol. The molecule has 0 atom stereocenters. The Morgan fingerprint density at radius 2 is 1.70 bits per heavy atom. The summed E-state index contributed by atoms with van der Waals surface area (Å²) in [5.41, 5.74) is 1.16. The second-order valence-corrected chi connectivity index (χ2v) is 4.71. The van der Waals surface area contributed by atoms with E-state index >= 15 is 0 Å². The van der Waals surface area contributed by atoms with Crippen molar-refractivity contribution < 1.29 is 13.9 Å². The maximum Gasteiger partial charge on any atom is 0.168 e. The monoisotopic (exact) mass is 274 g/mol. The standard InChI is InChI=1S/C17H19FO2/c1-3-4-11-19-17-10-9-15(12-16(17)18)20-14-7-5-13(2)6-8-14/h5-10,12H,3-4,11H2,1-2H3. The van der Waals surface area contributed by atoms with Crippen LogP contribution in [0.4, 0.5) is 4.39 Å². The first-order valence-corrected chi connectivity index (χ1v) is 6.86. The van der Waals surface area contributed by atoms with Crippen molar-refractivity contribution in [2.45, 2.75) is 26.7 Å². The third-order valence-electron chi connectivity index (χ3n) is 2.92. The first-order chi connectivity index (χ1) is 9.69. The smallest absolute Gasteiger partial charge is 0.168 e. The number of rotatable bonds is 6. The molecule has 2 aromatic carbocycles. The molecule has 0 spiro atoms. The molecule has 0 aliphatic rings. The Morgan fingerprint density at radius 1 is 1.00 bits per heavy atom. The van der Waals surface area contributed by atoms with E-state index in [0.29, 0.717) is 18.1 Å². The van der Waals surface area contributed by atoms with Crippen LogP contribution in [0.3, 0.4) is 0 Å². The summed E-state index contributed by atoms with van der Waals surface area (Å²) >= 11 is 0. The molecule has 0 N–H and O–H groups in total. The Balaban J connectivity index is 2.03. The lowest BCUT2D eigenvalue weighted by atomic mass is 10.2. The van der Waals surface area contributed by atoms with Gasteiger partial charge in [-0.3, -0.25) is 0 Å². The summed E-state index contributed by atoms with van der Waals surface area (Å²) < 4.78 is 24.8. The highest BCUT2D eigenvalue weighted by Crippen LogP contribution is 2.27. The van der Waals surface area contributed by atoms with Gasteiger partial charge in [0.15, 0.2) is 11.6 Å². The summed E-state index contributed by atoms with van der Waals surface area (Å²) in [5.74, 6) is 1.03. The summed E-state index contributed by atoms with van der Waals surface area (Å²) in [6.45, 7) is 4.61. The van der Waals surface area contributed by atoms with Crippen LogP contribution in [0.1, 0.15) is 25.3 Å². The molecule has 106 valence electrons.